The molecule has 0 bridgehead atoms. The third-order valence-electron chi connectivity index (χ3n) is 3.39. The summed E-state index contributed by atoms with van der Waals surface area (Å²) in [6.45, 7) is 0.807. The molecule has 0 amide bonds. The van der Waals surface area contributed by atoms with Gasteiger partial charge in [-0.2, -0.15) is 4.31 Å². The van der Waals surface area contributed by atoms with Gasteiger partial charge in [-0.15, -0.1) is 0 Å². The van der Waals surface area contributed by atoms with Crippen molar-refractivity contribution in [3.63, 3.8) is 0 Å². The Kier molecular flexibility index (Phi) is 4.96. The maximum atomic E-state index is 12.7. The van der Waals surface area contributed by atoms with E-state index in [0.717, 1.165) is 12.8 Å². The van der Waals surface area contributed by atoms with Crippen LogP contribution in [0.4, 0.5) is 0 Å². The first-order valence-corrected chi connectivity index (χ1v) is 8.78. The Hall–Kier alpha value is -0.340. The minimum atomic E-state index is -3.61. The number of hydrogen-bond acceptors (Lipinski definition) is 4. The molecule has 20 heavy (non-hydrogen) atoms. The molecule has 1 atom stereocenters. The number of methoxy groups -OCH3 is 1. The van der Waals surface area contributed by atoms with E-state index in [-0.39, 0.29) is 16.0 Å². The van der Waals surface area contributed by atoms with Gasteiger partial charge in [0.2, 0.25) is 10.0 Å². The average molecular weight is 384 g/mol. The van der Waals surface area contributed by atoms with Gasteiger partial charge in [0.15, 0.2) is 0 Å². The van der Waals surface area contributed by atoms with Crippen LogP contribution >= 0.6 is 27.5 Å². The fourth-order valence-electron chi connectivity index (χ4n) is 2.35. The monoisotopic (exact) mass is 382 g/mol. The third-order valence-corrected chi connectivity index (χ3v) is 6.59. The molecule has 1 fully saturated rings. The first-order valence-electron chi connectivity index (χ1n) is 6.16. The zero-order valence-corrected chi connectivity index (χ0v) is 14.1. The molecule has 1 saturated heterocycles. The second kappa shape index (κ2) is 6.19. The van der Waals surface area contributed by atoms with Crippen LogP contribution in [0, 0.1) is 0 Å². The lowest BCUT2D eigenvalue weighted by Gasteiger charge is -2.23. The zero-order chi connectivity index (χ0) is 14.9. The maximum Gasteiger partial charge on any atom is 0.244 e. The van der Waals surface area contributed by atoms with Gasteiger partial charge in [0.05, 0.1) is 17.0 Å². The summed E-state index contributed by atoms with van der Waals surface area (Å²) in [5, 5.41) is 0.262. The highest BCUT2D eigenvalue weighted by molar-refractivity contribution is 9.10. The number of halogens is 2. The Morgan fingerprint density at radius 2 is 2.25 bits per heavy atom. The summed E-state index contributed by atoms with van der Waals surface area (Å²) in [4.78, 5) is 0.142. The molecule has 2 N–H and O–H groups in total. The summed E-state index contributed by atoms with van der Waals surface area (Å²) in [5.74, 6) is 0.425. The SMILES string of the molecule is COc1cc(Br)c(S(=O)(=O)N2CCCC2CN)cc1Cl. The first-order chi connectivity index (χ1) is 9.41. The van der Waals surface area contributed by atoms with E-state index >= 15 is 0 Å². The van der Waals surface area contributed by atoms with E-state index < -0.39 is 10.0 Å². The number of rotatable bonds is 4. The zero-order valence-electron chi connectivity index (χ0n) is 11.0. The molecule has 1 heterocycles. The van der Waals surface area contributed by atoms with Gasteiger partial charge in [-0.3, -0.25) is 0 Å². The van der Waals surface area contributed by atoms with Crippen LogP contribution in [0.15, 0.2) is 21.5 Å². The van der Waals surface area contributed by atoms with Gasteiger partial charge < -0.3 is 10.5 Å². The van der Waals surface area contributed by atoms with Gasteiger partial charge in [-0.25, -0.2) is 8.42 Å². The summed E-state index contributed by atoms with van der Waals surface area (Å²) < 4.78 is 32.4. The predicted octanol–water partition coefficient (Wildman–Crippen LogP) is 2.22. The van der Waals surface area contributed by atoms with E-state index in [1.54, 1.807) is 6.07 Å². The van der Waals surface area contributed by atoms with Crippen LogP contribution in [0.3, 0.4) is 0 Å². The highest BCUT2D eigenvalue weighted by atomic mass is 79.9. The lowest BCUT2D eigenvalue weighted by Crippen LogP contribution is -2.39. The topological polar surface area (TPSA) is 72.6 Å². The lowest BCUT2D eigenvalue weighted by molar-refractivity contribution is 0.392. The van der Waals surface area contributed by atoms with Crippen molar-refractivity contribution in [2.75, 3.05) is 20.2 Å². The van der Waals surface area contributed by atoms with Crippen LogP contribution in [0.1, 0.15) is 12.8 Å². The molecule has 0 radical (unpaired) electrons. The summed E-state index contributed by atoms with van der Waals surface area (Å²) in [7, 11) is -2.13. The van der Waals surface area contributed by atoms with Gasteiger partial charge in [0.1, 0.15) is 5.75 Å². The van der Waals surface area contributed by atoms with E-state index in [9.17, 15) is 8.42 Å². The van der Waals surface area contributed by atoms with Crippen LogP contribution in [0.5, 0.6) is 5.75 Å². The number of nitrogens with zero attached hydrogens (tertiary/aromatic N) is 1. The van der Waals surface area contributed by atoms with Crippen LogP contribution in [0.2, 0.25) is 5.02 Å². The molecule has 0 aromatic heterocycles. The molecule has 0 spiro atoms. The van der Waals surface area contributed by atoms with Gasteiger partial charge >= 0.3 is 0 Å². The molecule has 2 rings (SSSR count). The average Bonchev–Trinajstić information content (AvgIpc) is 2.89. The molecule has 5 nitrogen and oxygen atoms in total. The predicted molar refractivity (Wildman–Crippen MR) is 81.7 cm³/mol. The molecular formula is C12H16BrClN2O3S. The van der Waals surface area contributed by atoms with Gasteiger partial charge in [-0.1, -0.05) is 11.6 Å². The highest BCUT2D eigenvalue weighted by Crippen LogP contribution is 2.36. The molecule has 1 aliphatic heterocycles. The Balaban J connectivity index is 2.47. The number of nitrogens with two attached hydrogens (primary N) is 1. The van der Waals surface area contributed by atoms with Crippen molar-refractivity contribution in [2.24, 2.45) is 5.73 Å². The summed E-state index contributed by atoms with van der Waals surface area (Å²) in [6, 6.07) is 2.82. The van der Waals surface area contributed by atoms with Crippen molar-refractivity contribution in [2.45, 2.75) is 23.8 Å². The maximum absolute atomic E-state index is 12.7. The van der Waals surface area contributed by atoms with Crippen LogP contribution in [-0.4, -0.2) is 39.0 Å². The molecule has 8 heteroatoms. The molecule has 112 valence electrons. The van der Waals surface area contributed by atoms with E-state index in [0.29, 0.717) is 23.3 Å². The van der Waals surface area contributed by atoms with Crippen molar-refractivity contribution >= 4 is 37.6 Å². The molecule has 1 unspecified atom stereocenters. The van der Waals surface area contributed by atoms with Crippen LogP contribution in [0.25, 0.3) is 0 Å². The minimum Gasteiger partial charge on any atom is -0.495 e. The van der Waals surface area contributed by atoms with E-state index in [1.807, 2.05) is 0 Å². The Morgan fingerprint density at radius 3 is 2.85 bits per heavy atom. The second-order valence-electron chi connectivity index (χ2n) is 4.56. The Labute approximate surface area is 132 Å². The van der Waals surface area contributed by atoms with Crippen molar-refractivity contribution in [3.8, 4) is 5.75 Å². The molecule has 0 aliphatic carbocycles. The summed E-state index contributed by atoms with van der Waals surface area (Å²) in [6.07, 6.45) is 1.61. The molecule has 1 aromatic carbocycles. The van der Waals surface area contributed by atoms with Crippen LogP contribution in [-0.2, 0) is 10.0 Å². The highest BCUT2D eigenvalue weighted by Gasteiger charge is 2.35. The number of ether oxygens (including phenoxy) is 1. The number of benzene rings is 1. The van der Waals surface area contributed by atoms with Gasteiger partial charge in [-0.05, 0) is 40.9 Å². The molecule has 1 aromatic rings. The van der Waals surface area contributed by atoms with Gasteiger partial charge in [0, 0.05) is 23.6 Å². The van der Waals surface area contributed by atoms with E-state index in [4.69, 9.17) is 22.1 Å². The Bertz CT molecular complexity index is 609. The summed E-state index contributed by atoms with van der Waals surface area (Å²) >= 11 is 9.30. The van der Waals surface area contributed by atoms with E-state index in [1.165, 1.54) is 17.5 Å². The quantitative estimate of drug-likeness (QED) is 0.865. The van der Waals surface area contributed by atoms with Gasteiger partial charge in [0.25, 0.3) is 0 Å². The normalized spacial score (nSPS) is 20.3. The second-order valence-corrected chi connectivity index (χ2v) is 7.69. The fraction of sp³-hybridized carbons (Fsp3) is 0.500. The molecule has 1 aliphatic rings. The molecular weight excluding hydrogens is 368 g/mol. The number of sulfonamides is 1. The minimum absolute atomic E-state index is 0.142. The van der Waals surface area contributed by atoms with Crippen molar-refractivity contribution in [3.05, 3.63) is 21.6 Å². The number of hydrogen-bond donors (Lipinski definition) is 1. The van der Waals surface area contributed by atoms with E-state index in [2.05, 4.69) is 15.9 Å². The van der Waals surface area contributed by atoms with Crippen molar-refractivity contribution in [1.82, 2.24) is 4.31 Å². The smallest absolute Gasteiger partial charge is 0.244 e. The van der Waals surface area contributed by atoms with Crippen molar-refractivity contribution in [1.29, 1.82) is 0 Å². The first kappa shape index (κ1) is 16.0. The van der Waals surface area contributed by atoms with Crippen molar-refractivity contribution < 1.29 is 13.2 Å². The standard InChI is InChI=1S/C12H16BrClN2O3S/c1-19-11-5-9(13)12(6-10(11)14)20(17,18)16-4-2-3-8(16)7-15/h5-6,8H,2-4,7,15H2,1H3. The fourth-order valence-corrected chi connectivity index (χ4v) is 5.37. The lowest BCUT2D eigenvalue weighted by atomic mass is 10.2. The van der Waals surface area contributed by atoms with Crippen LogP contribution < -0.4 is 10.5 Å². The third kappa shape index (κ3) is 2.82. The Morgan fingerprint density at radius 1 is 1.55 bits per heavy atom. The largest absolute Gasteiger partial charge is 0.495 e. The summed E-state index contributed by atoms with van der Waals surface area (Å²) in [5.41, 5.74) is 5.65. The molecule has 0 saturated carbocycles.